The number of benzene rings is 1. The normalized spacial score (nSPS) is 14.6. The van der Waals surface area contributed by atoms with Gasteiger partial charge in [-0.05, 0) is 36.6 Å². The van der Waals surface area contributed by atoms with Gasteiger partial charge in [-0.15, -0.1) is 0 Å². The molecule has 0 spiro atoms. The average Bonchev–Trinajstić information content (AvgIpc) is 3.18. The zero-order valence-electron chi connectivity index (χ0n) is 12.8. The smallest absolute Gasteiger partial charge is 0.268 e. The van der Waals surface area contributed by atoms with Crippen molar-refractivity contribution in [2.24, 2.45) is 7.05 Å². The number of halogens is 2. The summed E-state index contributed by atoms with van der Waals surface area (Å²) in [6.45, 7) is 0. The summed E-state index contributed by atoms with van der Waals surface area (Å²) in [5.74, 6) is -0.788. The number of carbonyl (C=O) groups is 1. The highest BCUT2D eigenvalue weighted by Crippen LogP contribution is 2.41. The van der Waals surface area contributed by atoms with Crippen molar-refractivity contribution in [3.8, 4) is 0 Å². The molecule has 1 amide bonds. The third kappa shape index (κ3) is 3.91. The summed E-state index contributed by atoms with van der Waals surface area (Å²) >= 11 is 11.7. The van der Waals surface area contributed by atoms with Crippen LogP contribution in [0, 0.1) is 0 Å². The van der Waals surface area contributed by atoms with Gasteiger partial charge in [0.2, 0.25) is 10.0 Å². The van der Waals surface area contributed by atoms with E-state index >= 15 is 0 Å². The van der Waals surface area contributed by atoms with E-state index in [0.717, 1.165) is 18.5 Å². The van der Waals surface area contributed by atoms with Crippen LogP contribution in [0.1, 0.15) is 40.4 Å². The molecule has 0 bridgehead atoms. The lowest BCUT2D eigenvalue weighted by Crippen LogP contribution is -2.32. The molecule has 1 fully saturated rings. The van der Waals surface area contributed by atoms with Gasteiger partial charge in [-0.2, -0.15) is 5.10 Å². The Balaban J connectivity index is 1.78. The molecule has 24 heavy (non-hydrogen) atoms. The predicted molar refractivity (Wildman–Crippen MR) is 91.7 cm³/mol. The lowest BCUT2D eigenvalue weighted by atomic mass is 10.2. The first-order valence-corrected chi connectivity index (χ1v) is 9.67. The average molecular weight is 388 g/mol. The number of hydrogen-bond donors (Lipinski definition) is 1. The summed E-state index contributed by atoms with van der Waals surface area (Å²) in [4.78, 5) is 12.4. The Hall–Kier alpha value is -1.57. The van der Waals surface area contributed by atoms with E-state index in [1.165, 1.54) is 24.4 Å². The SMILES string of the molecule is Cn1ncc(C(=O)NS(=O)(=O)Cc2cc(Cl)cc(Cl)c2)c1C1CC1. The van der Waals surface area contributed by atoms with Crippen LogP contribution in [0.25, 0.3) is 0 Å². The van der Waals surface area contributed by atoms with Crippen molar-refractivity contribution in [3.05, 3.63) is 51.3 Å². The Labute approximate surface area is 149 Å². The highest BCUT2D eigenvalue weighted by Gasteiger charge is 2.32. The van der Waals surface area contributed by atoms with Gasteiger partial charge in [0.1, 0.15) is 0 Å². The molecule has 0 saturated heterocycles. The fourth-order valence-electron chi connectivity index (χ4n) is 2.61. The van der Waals surface area contributed by atoms with Crippen molar-refractivity contribution in [2.75, 3.05) is 0 Å². The van der Waals surface area contributed by atoms with E-state index in [-0.39, 0.29) is 5.92 Å². The fourth-order valence-corrected chi connectivity index (χ4v) is 4.25. The minimum absolute atomic E-state index is 0.271. The summed E-state index contributed by atoms with van der Waals surface area (Å²) in [5.41, 5.74) is 1.47. The van der Waals surface area contributed by atoms with E-state index in [1.807, 2.05) is 0 Å². The third-order valence-electron chi connectivity index (χ3n) is 3.72. The van der Waals surface area contributed by atoms with E-state index in [1.54, 1.807) is 11.7 Å². The summed E-state index contributed by atoms with van der Waals surface area (Å²) in [6, 6.07) is 4.50. The van der Waals surface area contributed by atoms with E-state index in [2.05, 4.69) is 9.82 Å². The number of hydrogen-bond acceptors (Lipinski definition) is 4. The van der Waals surface area contributed by atoms with Crippen molar-refractivity contribution >= 4 is 39.1 Å². The number of aromatic nitrogens is 2. The maximum absolute atomic E-state index is 12.4. The molecular formula is C15H15Cl2N3O3S. The van der Waals surface area contributed by atoms with Crippen LogP contribution in [-0.2, 0) is 22.8 Å². The first kappa shape index (κ1) is 17.3. The summed E-state index contributed by atoms with van der Waals surface area (Å²) < 4.78 is 28.2. The lowest BCUT2D eigenvalue weighted by Gasteiger charge is -2.08. The first-order valence-electron chi connectivity index (χ1n) is 7.27. The molecule has 1 saturated carbocycles. The number of amides is 1. The molecule has 9 heteroatoms. The number of rotatable bonds is 5. The van der Waals surface area contributed by atoms with Gasteiger partial charge in [0.05, 0.1) is 23.2 Å². The van der Waals surface area contributed by atoms with E-state index in [0.29, 0.717) is 21.2 Å². The van der Waals surface area contributed by atoms with Gasteiger partial charge in [-0.25, -0.2) is 13.1 Å². The standard InChI is InChI=1S/C15H15Cl2N3O3S/c1-20-14(10-2-3-10)13(7-18-20)15(21)19-24(22,23)8-9-4-11(16)6-12(17)5-9/h4-7,10H,2-3,8H2,1H3,(H,19,21). The second-order valence-electron chi connectivity index (χ2n) is 5.81. The molecule has 1 aromatic carbocycles. The van der Waals surface area contributed by atoms with Crippen LogP contribution in [0.2, 0.25) is 10.0 Å². The molecule has 0 aliphatic heterocycles. The van der Waals surface area contributed by atoms with Gasteiger partial charge in [0.25, 0.3) is 5.91 Å². The van der Waals surface area contributed by atoms with Crippen molar-refractivity contribution in [3.63, 3.8) is 0 Å². The molecule has 0 atom stereocenters. The largest absolute Gasteiger partial charge is 0.272 e. The second-order valence-corrected chi connectivity index (χ2v) is 8.40. The monoisotopic (exact) mass is 387 g/mol. The Bertz CT molecular complexity index is 884. The molecule has 6 nitrogen and oxygen atoms in total. The predicted octanol–water partition coefficient (Wildman–Crippen LogP) is 2.86. The topological polar surface area (TPSA) is 81.1 Å². The van der Waals surface area contributed by atoms with Crippen LogP contribution in [0.3, 0.4) is 0 Å². The van der Waals surface area contributed by atoms with Crippen LogP contribution in [0.5, 0.6) is 0 Å². The molecule has 128 valence electrons. The Morgan fingerprint density at radius 2 is 1.92 bits per heavy atom. The lowest BCUT2D eigenvalue weighted by molar-refractivity contribution is 0.0980. The molecule has 1 aliphatic carbocycles. The Morgan fingerprint density at radius 1 is 1.29 bits per heavy atom. The van der Waals surface area contributed by atoms with Crippen molar-refractivity contribution < 1.29 is 13.2 Å². The Kier molecular flexibility index (Phi) is 4.59. The number of sulfonamides is 1. The summed E-state index contributed by atoms with van der Waals surface area (Å²) in [6.07, 6.45) is 3.36. The van der Waals surface area contributed by atoms with Crippen molar-refractivity contribution in [1.29, 1.82) is 0 Å². The van der Waals surface area contributed by atoms with Crippen LogP contribution in [0.15, 0.2) is 24.4 Å². The van der Waals surface area contributed by atoms with Crippen LogP contribution in [0.4, 0.5) is 0 Å². The number of nitrogens with zero attached hydrogens (tertiary/aromatic N) is 2. The molecule has 2 aromatic rings. The van der Waals surface area contributed by atoms with Crippen LogP contribution in [-0.4, -0.2) is 24.1 Å². The quantitative estimate of drug-likeness (QED) is 0.854. The Morgan fingerprint density at radius 3 is 2.50 bits per heavy atom. The van der Waals surface area contributed by atoms with Gasteiger partial charge >= 0.3 is 0 Å². The molecule has 1 aromatic heterocycles. The maximum Gasteiger partial charge on any atom is 0.268 e. The molecular weight excluding hydrogens is 373 g/mol. The highest BCUT2D eigenvalue weighted by atomic mass is 35.5. The van der Waals surface area contributed by atoms with Crippen LogP contribution >= 0.6 is 23.2 Å². The molecule has 0 unspecified atom stereocenters. The molecule has 1 heterocycles. The maximum atomic E-state index is 12.4. The van der Waals surface area contributed by atoms with Crippen molar-refractivity contribution in [2.45, 2.75) is 24.5 Å². The zero-order valence-corrected chi connectivity index (χ0v) is 15.1. The number of carbonyl (C=O) groups excluding carboxylic acids is 1. The van der Waals surface area contributed by atoms with E-state index in [4.69, 9.17) is 23.2 Å². The van der Waals surface area contributed by atoms with Gasteiger partial charge < -0.3 is 0 Å². The summed E-state index contributed by atoms with van der Waals surface area (Å²) in [5, 5.41) is 4.73. The van der Waals surface area contributed by atoms with Gasteiger partial charge in [-0.3, -0.25) is 9.48 Å². The zero-order chi connectivity index (χ0) is 17.5. The minimum Gasteiger partial charge on any atom is -0.272 e. The second kappa shape index (κ2) is 6.38. The molecule has 3 rings (SSSR count). The van der Waals surface area contributed by atoms with E-state index in [9.17, 15) is 13.2 Å². The van der Waals surface area contributed by atoms with Gasteiger partial charge in [-0.1, -0.05) is 23.2 Å². The minimum atomic E-state index is -3.88. The number of nitrogens with one attached hydrogen (secondary N) is 1. The third-order valence-corrected chi connectivity index (χ3v) is 5.37. The van der Waals surface area contributed by atoms with Gasteiger partial charge in [0, 0.05) is 23.0 Å². The molecule has 0 radical (unpaired) electrons. The molecule has 1 N–H and O–H groups in total. The van der Waals surface area contributed by atoms with Crippen molar-refractivity contribution in [1.82, 2.24) is 14.5 Å². The van der Waals surface area contributed by atoms with E-state index < -0.39 is 21.7 Å². The highest BCUT2D eigenvalue weighted by molar-refractivity contribution is 7.89. The fraction of sp³-hybridized carbons (Fsp3) is 0.333. The summed E-state index contributed by atoms with van der Waals surface area (Å²) in [7, 11) is -2.14. The molecule has 1 aliphatic rings. The van der Waals surface area contributed by atoms with Gasteiger partial charge in [0.15, 0.2) is 0 Å². The number of aryl methyl sites for hydroxylation is 1. The first-order chi connectivity index (χ1) is 11.2. The van der Waals surface area contributed by atoms with Crippen LogP contribution < -0.4 is 4.72 Å².